The number of nitrogens with two attached hydrogens (primary N) is 2. The van der Waals surface area contributed by atoms with E-state index in [0.717, 1.165) is 19.4 Å². The van der Waals surface area contributed by atoms with Gasteiger partial charge in [-0.05, 0) is 36.6 Å². The highest BCUT2D eigenvalue weighted by Crippen LogP contribution is 2.31. The first-order valence-electron chi connectivity index (χ1n) is 5.81. The summed E-state index contributed by atoms with van der Waals surface area (Å²) < 4.78 is 18.7. The number of hydrogen-bond acceptors (Lipinski definition) is 4. The topological polar surface area (TPSA) is 73.3 Å². The summed E-state index contributed by atoms with van der Waals surface area (Å²) in [6.45, 7) is 1.41. The van der Waals surface area contributed by atoms with Crippen LogP contribution in [-0.4, -0.2) is 13.2 Å². The predicted molar refractivity (Wildman–Crippen MR) is 64.4 cm³/mol. The van der Waals surface area contributed by atoms with E-state index in [9.17, 15) is 4.39 Å². The van der Waals surface area contributed by atoms with Crippen molar-refractivity contribution in [2.75, 3.05) is 18.9 Å². The minimum absolute atomic E-state index is 0.161. The Morgan fingerprint density at radius 3 is 2.94 bits per heavy atom. The molecule has 94 valence electrons. The third-order valence-corrected chi connectivity index (χ3v) is 3.23. The number of hydrogen-bond donors (Lipinski definition) is 3. The van der Waals surface area contributed by atoms with Gasteiger partial charge in [0.15, 0.2) is 0 Å². The van der Waals surface area contributed by atoms with Gasteiger partial charge in [0, 0.05) is 18.2 Å². The lowest BCUT2D eigenvalue weighted by Gasteiger charge is -2.30. The Morgan fingerprint density at radius 2 is 2.29 bits per heavy atom. The van der Waals surface area contributed by atoms with Crippen LogP contribution in [0.3, 0.4) is 0 Å². The summed E-state index contributed by atoms with van der Waals surface area (Å²) in [6.07, 6.45) is 2.00. The number of hydrazine groups is 1. The van der Waals surface area contributed by atoms with Crippen molar-refractivity contribution in [2.24, 2.45) is 11.8 Å². The monoisotopic (exact) mass is 239 g/mol. The molecule has 0 spiro atoms. The summed E-state index contributed by atoms with van der Waals surface area (Å²) in [4.78, 5) is 0. The van der Waals surface area contributed by atoms with E-state index in [0.29, 0.717) is 17.9 Å². The molecule has 2 unspecified atom stereocenters. The Balaban J connectivity index is 2.24. The van der Waals surface area contributed by atoms with Gasteiger partial charge in [-0.2, -0.15) is 0 Å². The molecule has 0 amide bonds. The number of nitrogens with one attached hydrogen (secondary N) is 1. The Bertz CT molecular complexity index is 380. The second kappa shape index (κ2) is 5.44. The van der Waals surface area contributed by atoms with Gasteiger partial charge >= 0.3 is 0 Å². The van der Waals surface area contributed by atoms with Gasteiger partial charge in [-0.3, -0.25) is 11.3 Å². The molecule has 4 nitrogen and oxygen atoms in total. The van der Waals surface area contributed by atoms with Crippen molar-refractivity contribution in [1.29, 1.82) is 0 Å². The third kappa shape index (κ3) is 2.74. The second-order valence-electron chi connectivity index (χ2n) is 4.39. The fraction of sp³-hybridized carbons (Fsp3) is 0.500. The van der Waals surface area contributed by atoms with Crippen molar-refractivity contribution in [2.45, 2.75) is 18.9 Å². The molecule has 1 aliphatic heterocycles. The zero-order valence-electron chi connectivity index (χ0n) is 9.66. The van der Waals surface area contributed by atoms with Crippen LogP contribution in [-0.2, 0) is 4.74 Å². The van der Waals surface area contributed by atoms with Gasteiger partial charge in [-0.25, -0.2) is 4.39 Å². The maximum atomic E-state index is 13.3. The van der Waals surface area contributed by atoms with Crippen LogP contribution in [0.15, 0.2) is 18.2 Å². The average molecular weight is 239 g/mol. The smallest absolute Gasteiger partial charge is 0.123 e. The Labute approximate surface area is 100 Å². The van der Waals surface area contributed by atoms with Crippen LogP contribution in [0.1, 0.15) is 24.4 Å². The number of nitrogen functional groups attached to an aromatic ring is 1. The van der Waals surface area contributed by atoms with Crippen molar-refractivity contribution in [1.82, 2.24) is 5.43 Å². The van der Waals surface area contributed by atoms with Crippen molar-refractivity contribution in [3.8, 4) is 0 Å². The predicted octanol–water partition coefficient (Wildman–Crippen LogP) is 1.34. The van der Waals surface area contributed by atoms with Gasteiger partial charge in [0.1, 0.15) is 5.82 Å². The Morgan fingerprint density at radius 1 is 1.47 bits per heavy atom. The molecule has 2 atom stereocenters. The van der Waals surface area contributed by atoms with Crippen LogP contribution < -0.4 is 17.0 Å². The maximum absolute atomic E-state index is 13.3. The van der Waals surface area contributed by atoms with Crippen molar-refractivity contribution >= 4 is 5.69 Å². The summed E-state index contributed by atoms with van der Waals surface area (Å²) in [6, 6.07) is 4.20. The molecular weight excluding hydrogens is 221 g/mol. The van der Waals surface area contributed by atoms with Gasteiger partial charge in [0.25, 0.3) is 0 Å². The third-order valence-electron chi connectivity index (χ3n) is 3.23. The van der Waals surface area contributed by atoms with Crippen LogP contribution in [0, 0.1) is 11.7 Å². The summed E-state index contributed by atoms with van der Waals surface area (Å²) in [5, 5.41) is 0. The lowest BCUT2D eigenvalue weighted by Crippen LogP contribution is -2.37. The van der Waals surface area contributed by atoms with E-state index in [1.165, 1.54) is 12.1 Å². The van der Waals surface area contributed by atoms with Gasteiger partial charge in [-0.15, -0.1) is 0 Å². The zero-order valence-corrected chi connectivity index (χ0v) is 9.66. The number of halogens is 1. The van der Waals surface area contributed by atoms with Gasteiger partial charge in [0.2, 0.25) is 0 Å². The molecule has 5 heteroatoms. The Hall–Kier alpha value is -1.17. The van der Waals surface area contributed by atoms with Crippen LogP contribution in [0.5, 0.6) is 0 Å². The molecule has 0 aromatic heterocycles. The Kier molecular flexibility index (Phi) is 3.93. The number of rotatable bonds is 3. The van der Waals surface area contributed by atoms with Crippen molar-refractivity contribution in [3.05, 3.63) is 29.6 Å². The minimum atomic E-state index is -0.300. The van der Waals surface area contributed by atoms with E-state index in [4.69, 9.17) is 16.3 Å². The molecule has 0 radical (unpaired) electrons. The van der Waals surface area contributed by atoms with E-state index in [1.807, 2.05) is 0 Å². The summed E-state index contributed by atoms with van der Waals surface area (Å²) >= 11 is 0. The quantitative estimate of drug-likeness (QED) is 0.423. The molecule has 0 bridgehead atoms. The lowest BCUT2D eigenvalue weighted by molar-refractivity contribution is 0.0391. The van der Waals surface area contributed by atoms with Gasteiger partial charge in [-0.1, -0.05) is 0 Å². The highest BCUT2D eigenvalue weighted by Gasteiger charge is 2.26. The van der Waals surface area contributed by atoms with Gasteiger partial charge in [0.05, 0.1) is 12.6 Å². The second-order valence-corrected chi connectivity index (χ2v) is 4.39. The molecule has 0 saturated carbocycles. The van der Waals surface area contributed by atoms with E-state index < -0.39 is 0 Å². The summed E-state index contributed by atoms with van der Waals surface area (Å²) in [5.41, 5.74) is 9.87. The molecule has 5 N–H and O–H groups in total. The van der Waals surface area contributed by atoms with E-state index in [-0.39, 0.29) is 17.8 Å². The fourth-order valence-corrected chi connectivity index (χ4v) is 2.32. The SMILES string of the molecule is NNC(c1cc(F)ccc1N)C1CCCOC1. The molecule has 1 saturated heterocycles. The largest absolute Gasteiger partial charge is 0.398 e. The van der Waals surface area contributed by atoms with Crippen LogP contribution >= 0.6 is 0 Å². The highest BCUT2D eigenvalue weighted by atomic mass is 19.1. The molecule has 17 heavy (non-hydrogen) atoms. The van der Waals surface area contributed by atoms with Crippen LogP contribution in [0.4, 0.5) is 10.1 Å². The molecule has 1 aromatic carbocycles. The summed E-state index contributed by atoms with van der Waals surface area (Å²) in [7, 11) is 0. The van der Waals surface area contributed by atoms with Crippen LogP contribution in [0.25, 0.3) is 0 Å². The molecule has 1 heterocycles. The zero-order chi connectivity index (χ0) is 12.3. The van der Waals surface area contributed by atoms with Gasteiger partial charge < -0.3 is 10.5 Å². The van der Waals surface area contributed by atoms with Crippen molar-refractivity contribution in [3.63, 3.8) is 0 Å². The minimum Gasteiger partial charge on any atom is -0.398 e. The summed E-state index contributed by atoms with van der Waals surface area (Å²) in [5.74, 6) is 5.51. The molecular formula is C12H18FN3O. The number of ether oxygens (including phenoxy) is 1. The van der Waals surface area contributed by atoms with E-state index in [1.54, 1.807) is 6.07 Å². The number of anilines is 1. The first kappa shape index (κ1) is 12.3. The fourth-order valence-electron chi connectivity index (χ4n) is 2.32. The first-order valence-corrected chi connectivity index (χ1v) is 5.81. The lowest BCUT2D eigenvalue weighted by atomic mass is 9.88. The average Bonchev–Trinajstić information content (AvgIpc) is 2.36. The maximum Gasteiger partial charge on any atom is 0.123 e. The van der Waals surface area contributed by atoms with Crippen molar-refractivity contribution < 1.29 is 9.13 Å². The molecule has 1 aliphatic rings. The molecule has 1 aromatic rings. The standard InChI is InChI=1S/C12H18FN3O/c13-9-3-4-11(14)10(6-9)12(16-15)8-2-1-5-17-7-8/h3-4,6,8,12,16H,1-2,5,7,14-15H2. The van der Waals surface area contributed by atoms with E-state index >= 15 is 0 Å². The van der Waals surface area contributed by atoms with E-state index in [2.05, 4.69) is 5.43 Å². The normalized spacial score (nSPS) is 22.4. The van der Waals surface area contributed by atoms with Crippen LogP contribution in [0.2, 0.25) is 0 Å². The molecule has 0 aliphatic carbocycles. The highest BCUT2D eigenvalue weighted by molar-refractivity contribution is 5.48. The molecule has 2 rings (SSSR count). The first-order chi connectivity index (χ1) is 8.22. The number of benzene rings is 1. The molecule has 1 fully saturated rings.